The molecule has 0 saturated carbocycles. The monoisotopic (exact) mass is 213 g/mol. The van der Waals surface area contributed by atoms with Crippen molar-refractivity contribution in [2.24, 2.45) is 0 Å². The Bertz CT molecular complexity index is 152. The molecule has 0 bridgehead atoms. The summed E-state index contributed by atoms with van der Waals surface area (Å²) in [5.41, 5.74) is 0. The number of rotatable bonds is 2. The van der Waals surface area contributed by atoms with Gasteiger partial charge in [-0.25, -0.2) is 0 Å². The summed E-state index contributed by atoms with van der Waals surface area (Å²) in [5, 5.41) is 0. The molecule has 0 heterocycles. The second kappa shape index (κ2) is 4.81. The van der Waals surface area contributed by atoms with Gasteiger partial charge in [0.25, 0.3) is 0 Å². The van der Waals surface area contributed by atoms with E-state index >= 15 is 0 Å². The van der Waals surface area contributed by atoms with Crippen LogP contribution < -0.4 is 71.0 Å². The van der Waals surface area contributed by atoms with Crippen LogP contribution in [0.25, 0.3) is 0 Å². The maximum absolute atomic E-state index is 9.32. The minimum atomic E-state index is -5.68. The van der Waals surface area contributed by atoms with Crippen molar-refractivity contribution in [1.82, 2.24) is 0 Å². The Morgan fingerprint density at radius 2 is 1.10 bits per heavy atom. The minimum absolute atomic E-state index is 0. The third-order valence-electron chi connectivity index (χ3n) is 0.200. The molecule has 0 aliphatic heterocycles. The quantitative estimate of drug-likeness (QED) is 0.328. The molecule has 10 heavy (non-hydrogen) atoms. The van der Waals surface area contributed by atoms with Crippen molar-refractivity contribution in [3.05, 3.63) is 0 Å². The molecule has 0 saturated heterocycles. The van der Waals surface area contributed by atoms with E-state index in [2.05, 4.69) is 4.31 Å². The van der Waals surface area contributed by atoms with E-state index in [1.165, 1.54) is 0 Å². The number of hydrogen-bond donors (Lipinski definition) is 0. The van der Waals surface area contributed by atoms with Gasteiger partial charge in [-0.1, -0.05) is 0 Å². The van der Waals surface area contributed by atoms with Gasteiger partial charge in [-0.15, -0.1) is 0 Å². The molecule has 7 nitrogen and oxygen atoms in total. The van der Waals surface area contributed by atoms with Crippen molar-refractivity contribution in [3.8, 4) is 0 Å². The van der Waals surface area contributed by atoms with Crippen LogP contribution in [0.4, 0.5) is 0 Å². The first kappa shape index (κ1) is 14.4. The SMILES string of the molecule is O=P([O-])([O-])OP(=O)([O-])[O-].[K+]. The van der Waals surface area contributed by atoms with Crippen molar-refractivity contribution in [2.45, 2.75) is 0 Å². The summed E-state index contributed by atoms with van der Waals surface area (Å²) >= 11 is 0. The van der Waals surface area contributed by atoms with Gasteiger partial charge >= 0.3 is 51.4 Å². The van der Waals surface area contributed by atoms with E-state index in [-0.39, 0.29) is 51.4 Å². The largest absolute Gasteiger partial charge is 1.00 e. The van der Waals surface area contributed by atoms with Gasteiger partial charge in [-0.05, 0) is 0 Å². The molecule has 0 aromatic rings. The van der Waals surface area contributed by atoms with Crippen molar-refractivity contribution in [2.75, 3.05) is 0 Å². The van der Waals surface area contributed by atoms with Gasteiger partial charge in [0.1, 0.15) is 0 Å². The average Bonchev–Trinajstić information content (AvgIpc) is 1.14. The van der Waals surface area contributed by atoms with E-state index in [1.807, 2.05) is 0 Å². The third kappa shape index (κ3) is 12.6. The zero-order chi connectivity index (χ0) is 7.71. The fourth-order valence-electron chi connectivity index (χ4n) is 0.122. The number of phosphoric acid groups is 2. The third-order valence-corrected chi connectivity index (χ3v) is 1.80. The molecule has 0 amide bonds. The Balaban J connectivity index is 0. The summed E-state index contributed by atoms with van der Waals surface area (Å²) in [4.78, 5) is 37.3. The van der Waals surface area contributed by atoms with Crippen LogP contribution >= 0.6 is 15.6 Å². The molecule has 56 valence electrons. The molecule has 0 aromatic heterocycles. The van der Waals surface area contributed by atoms with Gasteiger partial charge in [0, 0.05) is 0 Å². The molecule has 0 aromatic carbocycles. The van der Waals surface area contributed by atoms with Gasteiger partial charge in [-0.2, -0.15) is 0 Å². The zero-order valence-electron chi connectivity index (χ0n) is 4.75. The molecule has 0 radical (unpaired) electrons. The summed E-state index contributed by atoms with van der Waals surface area (Å²) in [6.45, 7) is 0. The normalized spacial score (nSPS) is 12.4. The number of hydrogen-bond acceptors (Lipinski definition) is 7. The van der Waals surface area contributed by atoms with Crippen LogP contribution in [0.1, 0.15) is 0 Å². The van der Waals surface area contributed by atoms with Crippen molar-refractivity contribution in [3.63, 3.8) is 0 Å². The van der Waals surface area contributed by atoms with Crippen LogP contribution in [0.15, 0.2) is 0 Å². The van der Waals surface area contributed by atoms with E-state index < -0.39 is 15.6 Å². The molecule has 0 rings (SSSR count). The Labute approximate surface area is 98.7 Å². The molecule has 0 unspecified atom stereocenters. The Kier molecular flexibility index (Phi) is 6.94. The van der Waals surface area contributed by atoms with E-state index in [0.29, 0.717) is 0 Å². The Morgan fingerprint density at radius 3 is 1.10 bits per heavy atom. The average molecular weight is 213 g/mol. The second-order valence-electron chi connectivity index (χ2n) is 0.976. The fraction of sp³-hybridized carbons (Fsp3) is 0. The first-order valence-corrected chi connectivity index (χ1v) is 4.38. The van der Waals surface area contributed by atoms with Crippen molar-refractivity contribution in [1.29, 1.82) is 0 Å². The standard InChI is InChI=1S/K.H4O7P2/c;1-8(2,3)7-9(4,5)6/h;(H2,1,2,3)(H2,4,5,6)/q+1;/p-4. The van der Waals surface area contributed by atoms with Crippen molar-refractivity contribution >= 4 is 15.6 Å². The maximum atomic E-state index is 9.32. The smallest absolute Gasteiger partial charge is 0.790 e. The first-order valence-electron chi connectivity index (χ1n) is 1.46. The molecule has 0 aliphatic rings. The molecular formula is KO7P2-3. The molecule has 0 atom stereocenters. The van der Waals surface area contributed by atoms with E-state index in [1.54, 1.807) is 0 Å². The van der Waals surface area contributed by atoms with Crippen LogP contribution in [0, 0.1) is 0 Å². The summed E-state index contributed by atoms with van der Waals surface area (Å²) in [6, 6.07) is 0. The summed E-state index contributed by atoms with van der Waals surface area (Å²) in [5.74, 6) is 0. The van der Waals surface area contributed by atoms with E-state index in [0.717, 1.165) is 0 Å². The summed E-state index contributed by atoms with van der Waals surface area (Å²) in [7, 11) is -11.4. The molecule has 0 N–H and O–H groups in total. The molecule has 0 fully saturated rings. The fourth-order valence-corrected chi connectivity index (χ4v) is 1.10. The predicted molar refractivity (Wildman–Crippen MR) is 16.3 cm³/mol. The first-order chi connectivity index (χ1) is 3.71. The maximum Gasteiger partial charge on any atom is 1.00 e. The van der Waals surface area contributed by atoms with Crippen LogP contribution in [-0.4, -0.2) is 0 Å². The Morgan fingerprint density at radius 1 is 0.900 bits per heavy atom. The van der Waals surface area contributed by atoms with E-state index in [9.17, 15) is 28.7 Å². The topological polar surface area (TPSA) is 136 Å². The summed E-state index contributed by atoms with van der Waals surface area (Å²) < 4.78 is 21.2. The molecule has 0 aliphatic carbocycles. The zero-order valence-corrected chi connectivity index (χ0v) is 9.66. The second-order valence-corrected chi connectivity index (χ2v) is 3.42. The van der Waals surface area contributed by atoms with Crippen LogP contribution in [0.5, 0.6) is 0 Å². The minimum Gasteiger partial charge on any atom is -0.790 e. The van der Waals surface area contributed by atoms with Crippen LogP contribution in [-0.2, 0) is 13.4 Å². The van der Waals surface area contributed by atoms with Gasteiger partial charge in [0.15, 0.2) is 0 Å². The van der Waals surface area contributed by atoms with Gasteiger partial charge in [0.05, 0.1) is 15.6 Å². The van der Waals surface area contributed by atoms with Gasteiger partial charge < -0.3 is 33.0 Å². The van der Waals surface area contributed by atoms with Gasteiger partial charge in [0.2, 0.25) is 0 Å². The Hall–Kier alpha value is 1.90. The van der Waals surface area contributed by atoms with Crippen molar-refractivity contribution < 1.29 is 84.4 Å². The van der Waals surface area contributed by atoms with Crippen LogP contribution in [0.2, 0.25) is 0 Å². The molecular weight excluding hydrogens is 213 g/mol. The van der Waals surface area contributed by atoms with Gasteiger partial charge in [-0.3, -0.25) is 0 Å². The predicted octanol–water partition coefficient (Wildman–Crippen LogP) is -6.34. The summed E-state index contributed by atoms with van der Waals surface area (Å²) in [6.07, 6.45) is 0. The van der Waals surface area contributed by atoms with Crippen LogP contribution in [0.3, 0.4) is 0 Å². The molecule has 0 spiro atoms. The van der Waals surface area contributed by atoms with E-state index in [4.69, 9.17) is 0 Å². The molecule has 10 heteroatoms.